The van der Waals surface area contributed by atoms with Crippen molar-refractivity contribution < 1.29 is 27.4 Å². The molecule has 0 spiro atoms. The topological polar surface area (TPSA) is 80.4 Å². The first-order valence-corrected chi connectivity index (χ1v) is 9.67. The van der Waals surface area contributed by atoms with Gasteiger partial charge in [0.25, 0.3) is 0 Å². The van der Waals surface area contributed by atoms with Gasteiger partial charge in [-0.15, -0.1) is 0 Å². The maximum Gasteiger partial charge on any atom is 0.416 e. The van der Waals surface area contributed by atoms with Crippen LogP contribution < -0.4 is 0 Å². The Hall–Kier alpha value is -3.06. The van der Waals surface area contributed by atoms with Crippen LogP contribution in [0.5, 0.6) is 0 Å². The molecule has 1 amide bonds. The standard InChI is InChI=1S/C21H23F3N4O3/c1-20(2,3)31-19(29)27-11-17(28-8-7-16(10-25)26-28)18(12-27)30-13-14-5-4-6-15(9-14)21(22,23)24/h4-9,17-18H,11-13H2,1-3H3/t17-,18-/m1/s1. The molecule has 0 aliphatic carbocycles. The Balaban J connectivity index is 1.76. The lowest BCUT2D eigenvalue weighted by molar-refractivity contribution is -0.137. The third kappa shape index (κ3) is 5.76. The number of nitrogens with zero attached hydrogens (tertiary/aromatic N) is 4. The molecule has 3 rings (SSSR count). The third-order valence-corrected chi connectivity index (χ3v) is 4.67. The number of carbonyl (C=O) groups is 1. The average Bonchev–Trinajstić information content (AvgIpc) is 3.31. The molecule has 1 aromatic carbocycles. The Kier molecular flexibility index (Phi) is 6.27. The second-order valence-corrected chi connectivity index (χ2v) is 8.29. The molecule has 1 aliphatic rings. The number of alkyl halides is 3. The summed E-state index contributed by atoms with van der Waals surface area (Å²) in [5.74, 6) is 0. The molecule has 1 aliphatic heterocycles. The van der Waals surface area contributed by atoms with Crippen molar-refractivity contribution in [2.45, 2.75) is 51.3 Å². The first kappa shape index (κ1) is 22.6. The van der Waals surface area contributed by atoms with E-state index in [1.54, 1.807) is 43.8 Å². The van der Waals surface area contributed by atoms with Crippen LogP contribution in [-0.4, -0.2) is 45.6 Å². The van der Waals surface area contributed by atoms with Crippen LogP contribution in [0.1, 0.15) is 43.6 Å². The van der Waals surface area contributed by atoms with E-state index in [1.807, 2.05) is 6.07 Å². The van der Waals surface area contributed by atoms with Gasteiger partial charge in [-0.05, 0) is 44.5 Å². The van der Waals surface area contributed by atoms with Crippen LogP contribution in [0.25, 0.3) is 0 Å². The molecule has 1 aromatic heterocycles. The van der Waals surface area contributed by atoms with Gasteiger partial charge in [-0.1, -0.05) is 12.1 Å². The van der Waals surface area contributed by atoms with Crippen LogP contribution >= 0.6 is 0 Å². The van der Waals surface area contributed by atoms with Gasteiger partial charge >= 0.3 is 12.3 Å². The Morgan fingerprint density at radius 2 is 2.00 bits per heavy atom. The predicted octanol–water partition coefficient (Wildman–Crippen LogP) is 4.15. The van der Waals surface area contributed by atoms with Gasteiger partial charge < -0.3 is 14.4 Å². The molecule has 0 radical (unpaired) electrons. The van der Waals surface area contributed by atoms with E-state index in [1.165, 1.54) is 11.0 Å². The van der Waals surface area contributed by atoms with Crippen molar-refractivity contribution >= 4 is 6.09 Å². The Morgan fingerprint density at radius 3 is 2.61 bits per heavy atom. The zero-order chi connectivity index (χ0) is 22.8. The van der Waals surface area contributed by atoms with E-state index in [0.29, 0.717) is 5.56 Å². The molecule has 0 bridgehead atoms. The van der Waals surface area contributed by atoms with Gasteiger partial charge in [0, 0.05) is 12.7 Å². The smallest absolute Gasteiger partial charge is 0.416 e. The van der Waals surface area contributed by atoms with Crippen molar-refractivity contribution in [1.29, 1.82) is 5.26 Å². The van der Waals surface area contributed by atoms with E-state index >= 15 is 0 Å². The fourth-order valence-corrected chi connectivity index (χ4v) is 3.27. The molecular weight excluding hydrogens is 413 g/mol. The van der Waals surface area contributed by atoms with E-state index < -0.39 is 35.6 Å². The minimum absolute atomic E-state index is 0.0698. The number of hydrogen-bond donors (Lipinski definition) is 0. The van der Waals surface area contributed by atoms with Gasteiger partial charge in [-0.3, -0.25) is 4.68 Å². The van der Waals surface area contributed by atoms with Crippen molar-refractivity contribution in [1.82, 2.24) is 14.7 Å². The number of aromatic nitrogens is 2. The van der Waals surface area contributed by atoms with Crippen LogP contribution in [-0.2, 0) is 22.3 Å². The SMILES string of the molecule is CC(C)(C)OC(=O)N1C[C@@H](n2ccc(C#N)n2)[C@H](OCc2cccc(C(F)(F)F)c2)C1. The molecule has 10 heteroatoms. The lowest BCUT2D eigenvalue weighted by Crippen LogP contribution is -2.36. The summed E-state index contributed by atoms with van der Waals surface area (Å²) in [6.45, 7) is 5.61. The molecule has 2 aromatic rings. The van der Waals surface area contributed by atoms with Crippen LogP contribution in [0.4, 0.5) is 18.0 Å². The molecule has 0 saturated carbocycles. The number of benzene rings is 1. The van der Waals surface area contributed by atoms with Crippen LogP contribution in [0.3, 0.4) is 0 Å². The van der Waals surface area contributed by atoms with E-state index in [9.17, 15) is 18.0 Å². The maximum atomic E-state index is 13.0. The predicted molar refractivity (Wildman–Crippen MR) is 104 cm³/mol. The summed E-state index contributed by atoms with van der Waals surface area (Å²) in [6.07, 6.45) is -3.89. The van der Waals surface area contributed by atoms with E-state index in [0.717, 1.165) is 12.1 Å². The molecule has 0 N–H and O–H groups in total. The molecule has 1 fully saturated rings. The van der Waals surface area contributed by atoms with Crippen molar-refractivity contribution in [2.75, 3.05) is 13.1 Å². The maximum absolute atomic E-state index is 13.0. The summed E-state index contributed by atoms with van der Waals surface area (Å²) in [4.78, 5) is 14.0. The lowest BCUT2D eigenvalue weighted by Gasteiger charge is -2.24. The number of amides is 1. The summed E-state index contributed by atoms with van der Waals surface area (Å²) in [7, 11) is 0. The highest BCUT2D eigenvalue weighted by molar-refractivity contribution is 5.68. The molecule has 7 nitrogen and oxygen atoms in total. The summed E-state index contributed by atoms with van der Waals surface area (Å²) < 4.78 is 51.8. The minimum Gasteiger partial charge on any atom is -0.444 e. The molecule has 1 saturated heterocycles. The van der Waals surface area contributed by atoms with Crippen LogP contribution in [0.2, 0.25) is 0 Å². The zero-order valence-electron chi connectivity index (χ0n) is 17.4. The summed E-state index contributed by atoms with van der Waals surface area (Å²) in [6, 6.07) is 7.98. The number of nitriles is 1. The number of carbonyl (C=O) groups excluding carboxylic acids is 1. The van der Waals surface area contributed by atoms with Crippen molar-refractivity contribution in [3.8, 4) is 6.07 Å². The largest absolute Gasteiger partial charge is 0.444 e. The quantitative estimate of drug-likeness (QED) is 0.719. The summed E-state index contributed by atoms with van der Waals surface area (Å²) in [5, 5.41) is 13.2. The lowest BCUT2D eigenvalue weighted by atomic mass is 10.1. The summed E-state index contributed by atoms with van der Waals surface area (Å²) >= 11 is 0. The first-order chi connectivity index (χ1) is 14.5. The van der Waals surface area contributed by atoms with E-state index in [2.05, 4.69) is 5.10 Å². The van der Waals surface area contributed by atoms with Gasteiger partial charge in [0.05, 0.1) is 30.9 Å². The molecule has 2 atom stereocenters. The minimum atomic E-state index is -4.44. The van der Waals surface area contributed by atoms with Crippen molar-refractivity contribution in [3.63, 3.8) is 0 Å². The van der Waals surface area contributed by atoms with Gasteiger partial charge in [0.15, 0.2) is 5.69 Å². The van der Waals surface area contributed by atoms with Gasteiger partial charge in [-0.25, -0.2) is 4.79 Å². The van der Waals surface area contributed by atoms with Crippen LogP contribution in [0, 0.1) is 11.3 Å². The van der Waals surface area contributed by atoms with Gasteiger partial charge in [0.2, 0.25) is 0 Å². The molecule has 166 valence electrons. The number of rotatable bonds is 4. The fraction of sp³-hybridized carbons (Fsp3) is 0.476. The van der Waals surface area contributed by atoms with Gasteiger partial charge in [0.1, 0.15) is 11.7 Å². The highest BCUT2D eigenvalue weighted by atomic mass is 19.4. The Bertz CT molecular complexity index is 975. The molecule has 31 heavy (non-hydrogen) atoms. The second kappa shape index (κ2) is 8.59. The Labute approximate surface area is 178 Å². The zero-order valence-corrected chi connectivity index (χ0v) is 17.4. The Morgan fingerprint density at radius 1 is 1.26 bits per heavy atom. The fourth-order valence-electron chi connectivity index (χ4n) is 3.27. The number of likely N-dealkylation sites (tertiary alicyclic amines) is 1. The number of hydrogen-bond acceptors (Lipinski definition) is 5. The number of ether oxygens (including phenoxy) is 2. The average molecular weight is 436 g/mol. The highest BCUT2D eigenvalue weighted by Gasteiger charge is 2.39. The molecule has 2 heterocycles. The van der Waals surface area contributed by atoms with Gasteiger partial charge in [-0.2, -0.15) is 23.5 Å². The van der Waals surface area contributed by atoms with E-state index in [4.69, 9.17) is 14.7 Å². The highest BCUT2D eigenvalue weighted by Crippen LogP contribution is 2.31. The number of halogens is 3. The molecule has 0 unspecified atom stereocenters. The normalized spacial score (nSPS) is 19.3. The first-order valence-electron chi connectivity index (χ1n) is 9.67. The second-order valence-electron chi connectivity index (χ2n) is 8.29. The summed E-state index contributed by atoms with van der Waals surface area (Å²) in [5.41, 5.74) is -0.851. The van der Waals surface area contributed by atoms with E-state index in [-0.39, 0.29) is 25.4 Å². The van der Waals surface area contributed by atoms with Crippen molar-refractivity contribution in [2.24, 2.45) is 0 Å². The van der Waals surface area contributed by atoms with Crippen LogP contribution in [0.15, 0.2) is 36.5 Å². The third-order valence-electron chi connectivity index (χ3n) is 4.67. The monoisotopic (exact) mass is 436 g/mol. The van der Waals surface area contributed by atoms with Crippen molar-refractivity contribution in [3.05, 3.63) is 53.3 Å². The molecular formula is C21H23F3N4O3.